The third-order valence-electron chi connectivity index (χ3n) is 11.7. The van der Waals surface area contributed by atoms with Gasteiger partial charge in [0.2, 0.25) is 41.3 Å². The number of halogens is 2. The zero-order valence-electron chi connectivity index (χ0n) is 48.5. The summed E-state index contributed by atoms with van der Waals surface area (Å²) in [5.41, 5.74) is 8.69. The number of nitrogens with one attached hydrogen (secondary N) is 6. The van der Waals surface area contributed by atoms with Crippen molar-refractivity contribution in [1.29, 1.82) is 0 Å². The first-order valence-electron chi connectivity index (χ1n) is 25.8. The second-order valence-corrected chi connectivity index (χ2v) is 28.6. The minimum atomic E-state index is -3.80. The molecule has 0 radical (unpaired) electrons. The lowest BCUT2D eigenvalue weighted by molar-refractivity contribution is -0.385. The van der Waals surface area contributed by atoms with Gasteiger partial charge in [0.1, 0.15) is 11.6 Å². The Balaban J connectivity index is 0.000000206. The van der Waals surface area contributed by atoms with Crippen molar-refractivity contribution in [3.8, 4) is 0 Å². The summed E-state index contributed by atoms with van der Waals surface area (Å²) in [6, 6.07) is 29.1. The lowest BCUT2D eigenvalue weighted by atomic mass is 10.3. The molecule has 10 rings (SSSR count). The van der Waals surface area contributed by atoms with Crippen molar-refractivity contribution in [1.82, 2.24) is 58.6 Å². The van der Waals surface area contributed by atoms with Gasteiger partial charge in [-0.05, 0) is 136 Å². The van der Waals surface area contributed by atoms with Crippen LogP contribution in [0.4, 0.5) is 52.0 Å². The predicted molar refractivity (Wildman–Crippen MR) is 334 cm³/mol. The van der Waals surface area contributed by atoms with Gasteiger partial charge < -0.3 is 27.0 Å². The first-order chi connectivity index (χ1) is 41.3. The molecule has 0 aliphatic heterocycles. The van der Waals surface area contributed by atoms with Crippen LogP contribution in [0.5, 0.6) is 0 Å². The maximum absolute atomic E-state index is 12.1. The van der Waals surface area contributed by atoms with Crippen LogP contribution in [-0.2, 0) is 39.1 Å². The maximum atomic E-state index is 12.1. The van der Waals surface area contributed by atoms with Gasteiger partial charge in [-0.3, -0.25) is 30.4 Å². The quantitative estimate of drug-likeness (QED) is 0.0149. The summed E-state index contributed by atoms with van der Waals surface area (Å²) >= 11 is 5.69. The van der Waals surface area contributed by atoms with E-state index in [4.69, 9.17) is 28.0 Å². The molecule has 36 heteroatoms. The Labute approximate surface area is 518 Å². The predicted octanol–water partition coefficient (Wildman–Crippen LogP) is 8.01. The van der Waals surface area contributed by atoms with Crippen molar-refractivity contribution in [2.24, 2.45) is 0 Å². The van der Waals surface area contributed by atoms with Crippen molar-refractivity contribution in [3.63, 3.8) is 0 Å². The number of nitrogens with two attached hydrogens (primary N) is 1. The van der Waals surface area contributed by atoms with Crippen molar-refractivity contribution >= 4 is 113 Å². The molecule has 2 aliphatic carbocycles. The van der Waals surface area contributed by atoms with Crippen molar-refractivity contribution in [2.75, 3.05) is 78.1 Å². The number of aromatic nitrogens is 8. The average molecular weight is 1330 g/mol. The first-order valence-corrected chi connectivity index (χ1v) is 32.8. The summed E-state index contributed by atoms with van der Waals surface area (Å²) in [6.07, 6.45) is 8.15. The Hall–Kier alpha value is -8.32. The van der Waals surface area contributed by atoms with Crippen LogP contribution in [-0.4, -0.2) is 153 Å². The third kappa shape index (κ3) is 21.5. The number of benzene rings is 4. The summed E-state index contributed by atoms with van der Waals surface area (Å²) < 4.78 is 95.3. The number of hydrogen-bond acceptors (Lipinski definition) is 23. The van der Waals surface area contributed by atoms with E-state index in [0.29, 0.717) is 46.6 Å². The summed E-state index contributed by atoms with van der Waals surface area (Å²) in [6.45, 7) is 0. The molecule has 8 N–H and O–H groups in total. The number of sulfonamides is 3. The second kappa shape index (κ2) is 31.5. The molecule has 2 fully saturated rings. The Morgan fingerprint density at radius 3 is 1.23 bits per heavy atom. The summed E-state index contributed by atoms with van der Waals surface area (Å²) in [7, 11) is 3.45. The van der Waals surface area contributed by atoms with Crippen LogP contribution in [0.1, 0.15) is 48.9 Å². The molecule has 472 valence electrons. The van der Waals surface area contributed by atoms with Gasteiger partial charge >= 0.3 is 0 Å². The van der Waals surface area contributed by atoms with Gasteiger partial charge in [-0.15, -0.1) is 0 Å². The standard InChI is InChI=1S/C18H21N7O2S.C10H10ClN5.C8H10N2O4S.C8H12N2O2S.C6H4ClNO4S.C2H7N/c1-25(2)28(26,27)14-7-5-13(6-8-14)20-18-19-10-9-16(22-18)21-17-11-15(23-24-17)12-3-4-12;11-10-12-4-3-8(14-10)13-9-5-7(15-16-9)6-1-2-6;1-9(2)15(13,14)8-5-3-7(4-6-8)10(11)12;1-10(2)13(11,12)8-5-3-7(9)4-6-8;7-13(11,12)6-3-1-5(2-4-6)8(9)10;1-3-2/h5-12H,3-4H2,1-2H3,(H3,19,20,21,22,23,24);3-6H,1-2H2,(H2,12,13,14,15,16);3-6H,1-2H3;3-6H,9H2,1-2H3;1-4H;3H,1-2H3. The number of nitrogen functional groups attached to an aromatic ring is 1. The van der Waals surface area contributed by atoms with Crippen LogP contribution in [0.25, 0.3) is 0 Å². The van der Waals surface area contributed by atoms with Gasteiger partial charge in [0.15, 0.2) is 11.6 Å². The number of nitro groups is 2. The van der Waals surface area contributed by atoms with E-state index in [-0.39, 0.29) is 36.2 Å². The highest BCUT2D eigenvalue weighted by atomic mass is 35.7. The summed E-state index contributed by atoms with van der Waals surface area (Å²) in [4.78, 5) is 36.2. The first kappa shape index (κ1) is 70.4. The van der Waals surface area contributed by atoms with Crippen molar-refractivity contribution in [3.05, 3.63) is 171 Å². The topological polar surface area (TPSA) is 416 Å². The fourth-order valence-corrected chi connectivity index (χ4v) is 10.4. The van der Waals surface area contributed by atoms with Crippen LogP contribution in [0, 0.1) is 20.2 Å². The molecule has 0 unspecified atom stereocenters. The van der Waals surface area contributed by atoms with E-state index < -0.39 is 49.0 Å². The lowest BCUT2D eigenvalue weighted by Gasteiger charge is -2.12. The minimum Gasteiger partial charge on any atom is -0.399 e. The van der Waals surface area contributed by atoms with Gasteiger partial charge in [-0.1, -0.05) is 0 Å². The molecule has 2 saturated carbocycles. The highest BCUT2D eigenvalue weighted by molar-refractivity contribution is 8.13. The molecule has 4 aromatic carbocycles. The number of rotatable bonds is 17. The average Bonchev–Trinajstić information content (AvgIpc) is 4.44. The van der Waals surface area contributed by atoms with Crippen LogP contribution < -0.4 is 27.0 Å². The fraction of sp³-hybridized carbons (Fsp3) is 0.269. The van der Waals surface area contributed by atoms with Gasteiger partial charge in [0.05, 0.1) is 29.4 Å². The Morgan fingerprint density at radius 1 is 0.523 bits per heavy atom. The summed E-state index contributed by atoms with van der Waals surface area (Å²) in [5.74, 6) is 4.39. The van der Waals surface area contributed by atoms with Gasteiger partial charge in [0, 0.05) is 136 Å². The Bertz CT molecular complexity index is 4070. The van der Waals surface area contributed by atoms with Gasteiger partial charge in [-0.2, -0.15) is 15.2 Å². The van der Waals surface area contributed by atoms with E-state index in [1.54, 1.807) is 60.9 Å². The Kier molecular flexibility index (Phi) is 25.3. The van der Waals surface area contributed by atoms with Crippen LogP contribution in [0.2, 0.25) is 5.28 Å². The molecule has 4 heterocycles. The molecular weight excluding hydrogens is 1270 g/mol. The van der Waals surface area contributed by atoms with E-state index >= 15 is 0 Å². The molecule has 8 aromatic rings. The molecule has 0 saturated heterocycles. The Morgan fingerprint density at radius 2 is 0.875 bits per heavy atom. The van der Waals surface area contributed by atoms with Crippen molar-refractivity contribution < 1.29 is 43.5 Å². The van der Waals surface area contributed by atoms with Gasteiger partial charge in [-0.25, -0.2) is 61.5 Å². The molecule has 30 nitrogen and oxygen atoms in total. The number of nitro benzene ring substituents is 2. The molecular formula is C52H64Cl2N18O12S4. The fourth-order valence-electron chi connectivity index (χ4n) is 6.75. The number of anilines is 7. The molecule has 0 atom stereocenters. The zero-order valence-corrected chi connectivity index (χ0v) is 53.2. The highest BCUT2D eigenvalue weighted by Gasteiger charge is 2.27. The van der Waals surface area contributed by atoms with Gasteiger partial charge in [0.25, 0.3) is 20.4 Å². The SMILES string of the molecule is CN(C)S(=O)(=O)c1ccc(N)cc1.CN(C)S(=O)(=O)c1ccc(Nc2nccc(Nc3cc(C4CC4)[nH]n3)n2)cc1.CN(C)S(=O)(=O)c1ccc([N+](=O)[O-])cc1.CNC.Clc1nccc(Nc2cc(C3CC3)[nH]n2)n1.O=[N+]([O-])c1ccc(S(=O)(=O)Cl)cc1. The highest BCUT2D eigenvalue weighted by Crippen LogP contribution is 2.40. The van der Waals surface area contributed by atoms with E-state index in [1.807, 2.05) is 26.2 Å². The molecule has 2 aliphatic rings. The minimum absolute atomic E-state index is 0.0399. The van der Waals surface area contributed by atoms with Crippen LogP contribution in [0.3, 0.4) is 0 Å². The smallest absolute Gasteiger partial charge is 0.269 e. The van der Waals surface area contributed by atoms with E-state index in [2.05, 4.69) is 61.6 Å². The number of hydrogen-bond donors (Lipinski definition) is 7. The second-order valence-electron chi connectivity index (χ2n) is 19.2. The number of non-ortho nitro benzene ring substituents is 2. The molecule has 4 aromatic heterocycles. The van der Waals surface area contributed by atoms with Crippen LogP contribution >= 0.6 is 22.3 Å². The number of H-pyrrole nitrogens is 2. The number of aromatic amines is 2. The molecule has 0 amide bonds. The zero-order chi connectivity index (χ0) is 65.1. The third-order valence-corrected chi connectivity index (χ3v) is 18.8. The summed E-state index contributed by atoms with van der Waals surface area (Å²) in [5, 5.41) is 47.3. The van der Waals surface area contributed by atoms with E-state index in [1.165, 1.54) is 107 Å². The normalized spacial score (nSPS) is 12.9. The van der Waals surface area contributed by atoms with Crippen molar-refractivity contribution in [2.45, 2.75) is 57.1 Å². The maximum Gasteiger partial charge on any atom is 0.269 e. The molecule has 88 heavy (non-hydrogen) atoms. The van der Waals surface area contributed by atoms with E-state index in [0.717, 1.165) is 52.2 Å². The molecule has 0 spiro atoms. The largest absolute Gasteiger partial charge is 0.399 e. The lowest BCUT2D eigenvalue weighted by Crippen LogP contribution is -2.22. The number of nitrogens with zero attached hydrogens (tertiary/aromatic N) is 11. The van der Waals surface area contributed by atoms with Crippen LogP contribution in [0.15, 0.2) is 153 Å². The monoisotopic (exact) mass is 1330 g/mol. The van der Waals surface area contributed by atoms with E-state index in [9.17, 15) is 53.9 Å². The molecule has 0 bridgehead atoms.